The largest absolute Gasteiger partial charge is 0.480 e. The number of benzene rings is 1. The van der Waals surface area contributed by atoms with Crippen molar-refractivity contribution in [3.05, 3.63) is 35.9 Å². The molecule has 1 N–H and O–H groups in total. The average Bonchev–Trinajstić information content (AvgIpc) is 2.60. The van der Waals surface area contributed by atoms with Crippen LogP contribution in [0.4, 0.5) is 0 Å². The first-order valence-corrected chi connectivity index (χ1v) is 8.91. The first kappa shape index (κ1) is 20.4. The van der Waals surface area contributed by atoms with E-state index in [1.807, 2.05) is 42.0 Å². The fourth-order valence-corrected chi connectivity index (χ4v) is 3.13. The highest BCUT2D eigenvalue weighted by atomic mass is 16.5. The van der Waals surface area contributed by atoms with Gasteiger partial charge in [-0.3, -0.25) is 19.4 Å². The SMILES string of the molecule is C[C@@H](C(=O)N1CCO[C@H](CN(C)CC(=O)O)C1)N(C)Cc1ccccc1. The van der Waals surface area contributed by atoms with Crippen LogP contribution in [0.3, 0.4) is 0 Å². The lowest BCUT2D eigenvalue weighted by atomic mass is 10.1. The maximum atomic E-state index is 12.9. The minimum Gasteiger partial charge on any atom is -0.480 e. The van der Waals surface area contributed by atoms with Gasteiger partial charge in [0, 0.05) is 26.2 Å². The van der Waals surface area contributed by atoms with Crippen LogP contribution in [-0.2, 0) is 20.9 Å². The summed E-state index contributed by atoms with van der Waals surface area (Å²) in [7, 11) is 3.70. The molecule has 2 atom stereocenters. The Morgan fingerprint density at radius 1 is 1.31 bits per heavy atom. The Labute approximate surface area is 155 Å². The van der Waals surface area contributed by atoms with Crippen molar-refractivity contribution in [1.29, 1.82) is 0 Å². The summed E-state index contributed by atoms with van der Waals surface area (Å²) in [5.74, 6) is -0.787. The number of aliphatic carboxylic acids is 1. The number of carboxylic acids is 1. The summed E-state index contributed by atoms with van der Waals surface area (Å²) in [6.07, 6.45) is -0.163. The summed E-state index contributed by atoms with van der Waals surface area (Å²) in [6.45, 7) is 4.63. The van der Waals surface area contributed by atoms with Gasteiger partial charge in [-0.15, -0.1) is 0 Å². The van der Waals surface area contributed by atoms with Crippen LogP contribution in [-0.4, -0.2) is 90.7 Å². The van der Waals surface area contributed by atoms with Gasteiger partial charge in [0.25, 0.3) is 0 Å². The van der Waals surface area contributed by atoms with E-state index in [9.17, 15) is 9.59 Å². The Bertz CT molecular complexity index is 596. The molecule has 0 aliphatic carbocycles. The van der Waals surface area contributed by atoms with E-state index >= 15 is 0 Å². The highest BCUT2D eigenvalue weighted by molar-refractivity contribution is 5.81. The van der Waals surface area contributed by atoms with E-state index in [-0.39, 0.29) is 24.6 Å². The van der Waals surface area contributed by atoms with Crippen LogP contribution in [0.2, 0.25) is 0 Å². The molecule has 1 aromatic carbocycles. The standard InChI is InChI=1S/C19H29N3O4/c1-15(21(3)11-16-7-5-4-6-8-16)19(25)22-9-10-26-17(13-22)12-20(2)14-18(23)24/h4-8,15,17H,9-14H2,1-3H3,(H,23,24)/t15-,17+/m0/s1. The number of nitrogens with zero attached hydrogens (tertiary/aromatic N) is 3. The second-order valence-electron chi connectivity index (χ2n) is 6.94. The Hall–Kier alpha value is -1.96. The topological polar surface area (TPSA) is 73.3 Å². The molecule has 7 nitrogen and oxygen atoms in total. The molecular formula is C19H29N3O4. The fourth-order valence-electron chi connectivity index (χ4n) is 3.13. The predicted molar refractivity (Wildman–Crippen MR) is 98.8 cm³/mol. The van der Waals surface area contributed by atoms with Crippen molar-refractivity contribution in [1.82, 2.24) is 14.7 Å². The fraction of sp³-hybridized carbons (Fsp3) is 0.579. The Kier molecular flexibility index (Phi) is 7.56. The van der Waals surface area contributed by atoms with E-state index in [4.69, 9.17) is 9.84 Å². The van der Waals surface area contributed by atoms with Crippen LogP contribution in [0, 0.1) is 0 Å². The second-order valence-corrected chi connectivity index (χ2v) is 6.94. The highest BCUT2D eigenvalue weighted by Gasteiger charge is 2.29. The number of likely N-dealkylation sites (N-methyl/N-ethyl adjacent to an activating group) is 2. The van der Waals surface area contributed by atoms with E-state index in [1.54, 1.807) is 11.9 Å². The van der Waals surface area contributed by atoms with Crippen molar-refractivity contribution in [3.63, 3.8) is 0 Å². The summed E-state index contributed by atoms with van der Waals surface area (Å²) in [5.41, 5.74) is 1.17. The molecule has 1 fully saturated rings. The molecule has 1 aliphatic heterocycles. The average molecular weight is 363 g/mol. The van der Waals surface area contributed by atoms with Crippen LogP contribution < -0.4 is 0 Å². The molecule has 26 heavy (non-hydrogen) atoms. The Morgan fingerprint density at radius 3 is 2.65 bits per heavy atom. The first-order chi connectivity index (χ1) is 12.4. The molecule has 0 spiro atoms. The number of morpholine rings is 1. The van der Waals surface area contributed by atoms with Crippen molar-refractivity contribution in [2.45, 2.75) is 25.6 Å². The van der Waals surface area contributed by atoms with Crippen LogP contribution >= 0.6 is 0 Å². The third-order valence-corrected chi connectivity index (χ3v) is 4.66. The lowest BCUT2D eigenvalue weighted by molar-refractivity contribution is -0.145. The number of amides is 1. The quantitative estimate of drug-likeness (QED) is 0.735. The van der Waals surface area contributed by atoms with Crippen molar-refractivity contribution in [2.75, 3.05) is 46.9 Å². The molecule has 0 radical (unpaired) electrons. The molecule has 144 valence electrons. The number of carboxylic acid groups (broad SMARTS) is 1. The zero-order valence-corrected chi connectivity index (χ0v) is 15.8. The summed E-state index contributed by atoms with van der Waals surface area (Å²) >= 11 is 0. The Balaban J connectivity index is 1.87. The van der Waals surface area contributed by atoms with E-state index in [0.29, 0.717) is 32.8 Å². The molecule has 0 bridgehead atoms. The molecule has 2 rings (SSSR count). The number of carbonyl (C=O) groups is 2. The molecular weight excluding hydrogens is 334 g/mol. The molecule has 0 unspecified atom stereocenters. The van der Waals surface area contributed by atoms with E-state index in [2.05, 4.69) is 12.1 Å². The maximum Gasteiger partial charge on any atom is 0.317 e. The van der Waals surface area contributed by atoms with Gasteiger partial charge in [-0.2, -0.15) is 0 Å². The number of carbonyl (C=O) groups excluding carboxylic acids is 1. The van der Waals surface area contributed by atoms with E-state index in [1.165, 1.54) is 5.56 Å². The minimum absolute atomic E-state index is 0.0377. The van der Waals surface area contributed by atoms with Crippen molar-refractivity contribution < 1.29 is 19.4 Å². The summed E-state index contributed by atoms with van der Waals surface area (Å²) in [4.78, 5) is 29.2. The zero-order valence-electron chi connectivity index (χ0n) is 15.8. The van der Waals surface area contributed by atoms with Gasteiger partial charge in [0.2, 0.25) is 5.91 Å². The molecule has 1 amide bonds. The summed E-state index contributed by atoms with van der Waals surface area (Å²) in [5, 5.41) is 8.86. The van der Waals surface area contributed by atoms with Gasteiger partial charge >= 0.3 is 5.97 Å². The van der Waals surface area contributed by atoms with Gasteiger partial charge in [-0.05, 0) is 26.6 Å². The van der Waals surface area contributed by atoms with Crippen molar-refractivity contribution in [3.8, 4) is 0 Å². The highest BCUT2D eigenvalue weighted by Crippen LogP contribution is 2.12. The van der Waals surface area contributed by atoms with E-state index < -0.39 is 5.97 Å². The predicted octanol–water partition coefficient (Wildman–Crippen LogP) is 0.751. The van der Waals surface area contributed by atoms with Gasteiger partial charge in [0.1, 0.15) is 0 Å². The maximum absolute atomic E-state index is 12.9. The van der Waals surface area contributed by atoms with Gasteiger partial charge in [0.15, 0.2) is 0 Å². The first-order valence-electron chi connectivity index (χ1n) is 8.91. The Morgan fingerprint density at radius 2 is 2.00 bits per heavy atom. The summed E-state index contributed by atoms with van der Waals surface area (Å²) < 4.78 is 5.70. The van der Waals surface area contributed by atoms with Crippen molar-refractivity contribution in [2.24, 2.45) is 0 Å². The number of rotatable bonds is 8. The van der Waals surface area contributed by atoms with Crippen LogP contribution in [0.5, 0.6) is 0 Å². The van der Waals surface area contributed by atoms with Gasteiger partial charge < -0.3 is 14.7 Å². The van der Waals surface area contributed by atoms with Crippen molar-refractivity contribution >= 4 is 11.9 Å². The smallest absolute Gasteiger partial charge is 0.317 e. The lowest BCUT2D eigenvalue weighted by Gasteiger charge is -2.37. The van der Waals surface area contributed by atoms with Gasteiger partial charge in [-0.25, -0.2) is 0 Å². The molecule has 1 aromatic rings. The van der Waals surface area contributed by atoms with Gasteiger partial charge in [-0.1, -0.05) is 30.3 Å². The minimum atomic E-state index is -0.868. The molecule has 1 heterocycles. The number of ether oxygens (including phenoxy) is 1. The summed E-state index contributed by atoms with van der Waals surface area (Å²) in [6, 6.07) is 9.85. The molecule has 0 saturated carbocycles. The monoisotopic (exact) mass is 363 g/mol. The zero-order chi connectivity index (χ0) is 19.1. The van der Waals surface area contributed by atoms with Gasteiger partial charge in [0.05, 0.1) is 25.3 Å². The molecule has 7 heteroatoms. The third-order valence-electron chi connectivity index (χ3n) is 4.66. The third kappa shape index (κ3) is 6.09. The van der Waals surface area contributed by atoms with Crippen LogP contribution in [0.25, 0.3) is 0 Å². The van der Waals surface area contributed by atoms with E-state index in [0.717, 1.165) is 0 Å². The molecule has 1 aliphatic rings. The molecule has 1 saturated heterocycles. The van der Waals surface area contributed by atoms with Crippen LogP contribution in [0.1, 0.15) is 12.5 Å². The number of hydrogen-bond acceptors (Lipinski definition) is 5. The van der Waals surface area contributed by atoms with Crippen LogP contribution in [0.15, 0.2) is 30.3 Å². The normalized spacial score (nSPS) is 19.0. The number of hydrogen-bond donors (Lipinski definition) is 1. The lowest BCUT2D eigenvalue weighted by Crippen LogP contribution is -2.54. The molecule has 0 aromatic heterocycles. The second kappa shape index (κ2) is 9.66.